The molecule has 1 aromatic carbocycles. The van der Waals surface area contributed by atoms with Gasteiger partial charge in [-0.25, -0.2) is 0 Å². The van der Waals surface area contributed by atoms with Crippen LogP contribution in [0.1, 0.15) is 19.4 Å². The quantitative estimate of drug-likeness (QED) is 0.689. The first kappa shape index (κ1) is 15.8. The van der Waals surface area contributed by atoms with E-state index in [9.17, 15) is 0 Å². The number of methoxy groups -OCH3 is 1. The molecule has 0 bridgehead atoms. The molecule has 0 atom stereocenters. The number of alkyl halides is 1. The predicted molar refractivity (Wildman–Crippen MR) is 82.6 cm³/mol. The topological polar surface area (TPSA) is 12.5 Å². The van der Waals surface area contributed by atoms with Crippen LogP contribution >= 0.6 is 27.5 Å². The van der Waals surface area contributed by atoms with Crippen molar-refractivity contribution < 1.29 is 4.74 Å². The van der Waals surface area contributed by atoms with Crippen LogP contribution in [0.5, 0.6) is 0 Å². The van der Waals surface area contributed by atoms with Gasteiger partial charge in [-0.05, 0) is 23.6 Å². The summed E-state index contributed by atoms with van der Waals surface area (Å²) in [5, 5.41) is 0. The van der Waals surface area contributed by atoms with Gasteiger partial charge in [-0.3, -0.25) is 0 Å². The van der Waals surface area contributed by atoms with Gasteiger partial charge in [0.05, 0.1) is 6.61 Å². The average molecular weight is 335 g/mol. The maximum atomic E-state index is 6.03. The second-order valence-electron chi connectivity index (χ2n) is 4.74. The molecule has 0 saturated heterocycles. The molecular formula is C14H21BrClNO. The van der Waals surface area contributed by atoms with Crippen molar-refractivity contribution in [1.29, 1.82) is 0 Å². The molecule has 0 unspecified atom stereocenters. The van der Waals surface area contributed by atoms with Crippen LogP contribution in [0.2, 0.25) is 0 Å². The molecule has 0 aromatic heterocycles. The van der Waals surface area contributed by atoms with E-state index in [2.05, 4.69) is 46.8 Å². The number of hydrogen-bond donors (Lipinski definition) is 0. The fourth-order valence-corrected chi connectivity index (χ4v) is 2.47. The normalized spacial score (nSPS) is 11.0. The highest BCUT2D eigenvalue weighted by Gasteiger charge is 2.12. The summed E-state index contributed by atoms with van der Waals surface area (Å²) < 4.78 is 6.27. The van der Waals surface area contributed by atoms with Crippen LogP contribution in [0.3, 0.4) is 0 Å². The number of halogens is 2. The van der Waals surface area contributed by atoms with Crippen LogP contribution in [0.25, 0.3) is 0 Å². The van der Waals surface area contributed by atoms with Crippen LogP contribution < -0.4 is 4.90 Å². The Morgan fingerprint density at radius 3 is 2.67 bits per heavy atom. The van der Waals surface area contributed by atoms with Crippen LogP contribution in [-0.2, 0) is 10.6 Å². The van der Waals surface area contributed by atoms with Crippen molar-refractivity contribution in [3.8, 4) is 0 Å². The Bertz CT molecular complexity index is 371. The first-order valence-corrected chi connectivity index (χ1v) is 7.49. The maximum Gasteiger partial charge on any atom is 0.0637 e. The summed E-state index contributed by atoms with van der Waals surface area (Å²) in [6.07, 6.45) is 0. The summed E-state index contributed by atoms with van der Waals surface area (Å²) >= 11 is 9.55. The molecule has 18 heavy (non-hydrogen) atoms. The molecule has 0 spiro atoms. The van der Waals surface area contributed by atoms with E-state index in [-0.39, 0.29) is 0 Å². The first-order chi connectivity index (χ1) is 8.58. The Balaban J connectivity index is 2.98. The zero-order valence-electron chi connectivity index (χ0n) is 11.2. The highest BCUT2D eigenvalue weighted by molar-refractivity contribution is 9.10. The van der Waals surface area contributed by atoms with Gasteiger partial charge < -0.3 is 9.64 Å². The highest BCUT2D eigenvalue weighted by Crippen LogP contribution is 2.27. The highest BCUT2D eigenvalue weighted by atomic mass is 79.9. The zero-order valence-corrected chi connectivity index (χ0v) is 13.6. The van der Waals surface area contributed by atoms with Crippen LogP contribution in [0.4, 0.5) is 5.69 Å². The van der Waals surface area contributed by atoms with Crippen LogP contribution in [0.15, 0.2) is 22.7 Å². The summed E-state index contributed by atoms with van der Waals surface area (Å²) in [5.41, 5.74) is 2.36. The molecule has 0 aliphatic rings. The van der Waals surface area contributed by atoms with Crippen molar-refractivity contribution >= 4 is 33.2 Å². The van der Waals surface area contributed by atoms with E-state index in [1.165, 1.54) is 5.69 Å². The molecule has 0 N–H and O–H groups in total. The SMILES string of the molecule is COCCN(CC(C)C)c1cc(Br)ccc1CCl. The molecular weight excluding hydrogens is 314 g/mol. The lowest BCUT2D eigenvalue weighted by molar-refractivity contribution is 0.204. The van der Waals surface area contributed by atoms with E-state index in [4.69, 9.17) is 16.3 Å². The third-order valence-corrected chi connectivity index (χ3v) is 3.46. The number of nitrogens with zero attached hydrogens (tertiary/aromatic N) is 1. The van der Waals surface area contributed by atoms with Gasteiger partial charge in [0.15, 0.2) is 0 Å². The van der Waals surface area contributed by atoms with Crippen molar-refractivity contribution in [3.05, 3.63) is 28.2 Å². The van der Waals surface area contributed by atoms with Gasteiger partial charge >= 0.3 is 0 Å². The Kier molecular flexibility index (Phi) is 7.05. The van der Waals surface area contributed by atoms with Gasteiger partial charge in [0.1, 0.15) is 0 Å². The first-order valence-electron chi connectivity index (χ1n) is 6.16. The second-order valence-corrected chi connectivity index (χ2v) is 5.92. The molecule has 0 fully saturated rings. The lowest BCUT2D eigenvalue weighted by Gasteiger charge is -2.28. The minimum Gasteiger partial charge on any atom is -0.383 e. The minimum absolute atomic E-state index is 0.532. The average Bonchev–Trinajstić information content (AvgIpc) is 2.34. The van der Waals surface area contributed by atoms with Crippen molar-refractivity contribution in [2.24, 2.45) is 5.92 Å². The van der Waals surface area contributed by atoms with Crippen molar-refractivity contribution in [3.63, 3.8) is 0 Å². The molecule has 1 aromatic rings. The molecule has 102 valence electrons. The standard InChI is InChI=1S/C14H21BrClNO/c1-11(2)10-17(6-7-18-3)14-8-13(15)5-4-12(14)9-16/h4-5,8,11H,6-7,9-10H2,1-3H3. The van der Waals surface area contributed by atoms with Crippen molar-refractivity contribution in [1.82, 2.24) is 0 Å². The van der Waals surface area contributed by atoms with E-state index in [1.54, 1.807) is 7.11 Å². The Morgan fingerprint density at radius 1 is 1.39 bits per heavy atom. The monoisotopic (exact) mass is 333 g/mol. The molecule has 0 saturated carbocycles. The smallest absolute Gasteiger partial charge is 0.0637 e. The minimum atomic E-state index is 0.532. The molecule has 0 heterocycles. The number of rotatable bonds is 7. The summed E-state index contributed by atoms with van der Waals surface area (Å²) in [6.45, 7) is 7.05. The lowest BCUT2D eigenvalue weighted by Crippen LogP contribution is -2.31. The Morgan fingerprint density at radius 2 is 2.11 bits per heavy atom. The Labute approximate surface area is 123 Å². The number of anilines is 1. The largest absolute Gasteiger partial charge is 0.383 e. The molecule has 0 amide bonds. The maximum absolute atomic E-state index is 6.03. The van der Waals surface area contributed by atoms with Gasteiger partial charge in [0.2, 0.25) is 0 Å². The Hall–Kier alpha value is -0.250. The van der Waals surface area contributed by atoms with E-state index in [1.807, 2.05) is 6.07 Å². The van der Waals surface area contributed by atoms with E-state index in [0.717, 1.165) is 29.7 Å². The molecule has 0 radical (unpaired) electrons. The van der Waals surface area contributed by atoms with Gasteiger partial charge in [-0.2, -0.15) is 0 Å². The summed E-state index contributed by atoms with van der Waals surface area (Å²) in [6, 6.07) is 6.24. The molecule has 1 rings (SSSR count). The molecule has 0 aliphatic heterocycles. The lowest BCUT2D eigenvalue weighted by atomic mass is 10.1. The van der Waals surface area contributed by atoms with Crippen LogP contribution in [0, 0.1) is 5.92 Å². The van der Waals surface area contributed by atoms with Gasteiger partial charge in [-0.1, -0.05) is 35.8 Å². The van der Waals surface area contributed by atoms with E-state index >= 15 is 0 Å². The molecule has 4 heteroatoms. The third-order valence-electron chi connectivity index (χ3n) is 2.68. The van der Waals surface area contributed by atoms with Crippen LogP contribution in [-0.4, -0.2) is 26.8 Å². The van der Waals surface area contributed by atoms with Gasteiger partial charge in [0.25, 0.3) is 0 Å². The second kappa shape index (κ2) is 8.03. The van der Waals surface area contributed by atoms with Crippen molar-refractivity contribution in [2.75, 3.05) is 31.7 Å². The zero-order chi connectivity index (χ0) is 13.5. The fraction of sp³-hybridized carbons (Fsp3) is 0.571. The number of hydrogen-bond acceptors (Lipinski definition) is 2. The summed E-state index contributed by atoms with van der Waals surface area (Å²) in [4.78, 5) is 2.34. The molecule has 2 nitrogen and oxygen atoms in total. The van der Waals surface area contributed by atoms with E-state index < -0.39 is 0 Å². The summed E-state index contributed by atoms with van der Waals surface area (Å²) in [7, 11) is 1.73. The van der Waals surface area contributed by atoms with Gasteiger partial charge in [-0.15, -0.1) is 11.6 Å². The fourth-order valence-electron chi connectivity index (χ4n) is 1.90. The van der Waals surface area contributed by atoms with Gasteiger partial charge in [0, 0.05) is 36.2 Å². The van der Waals surface area contributed by atoms with Crippen molar-refractivity contribution in [2.45, 2.75) is 19.7 Å². The summed E-state index contributed by atoms with van der Waals surface area (Å²) in [5.74, 6) is 1.13. The third kappa shape index (κ3) is 4.79. The number of ether oxygens (including phenoxy) is 1. The van der Waals surface area contributed by atoms with E-state index in [0.29, 0.717) is 11.8 Å². The molecule has 0 aliphatic carbocycles. The predicted octanol–water partition coefficient (Wildman–Crippen LogP) is 4.30. The number of benzene rings is 1.